The number of carbonyl (C=O) groups excluding carboxylic acids is 1. The fraction of sp³-hybridized carbons (Fsp3) is 0.524. The number of amides is 1. The summed E-state index contributed by atoms with van der Waals surface area (Å²) >= 11 is 0. The molecule has 1 heterocycles. The predicted octanol–water partition coefficient (Wildman–Crippen LogP) is 3.15. The number of allylic oxidation sites excluding steroid dienone is 1. The lowest BCUT2D eigenvalue weighted by molar-refractivity contribution is -0.137. The first-order chi connectivity index (χ1) is 14.0. The number of hydrogen-bond acceptors (Lipinski definition) is 5. The van der Waals surface area contributed by atoms with E-state index >= 15 is 0 Å². The maximum atomic E-state index is 12.6. The standard InChI is InChI=1S/C21H30N2O6S/c1-21(2,3)29-20(26)23-15-16(14-17(23)10-6-4-9-13-19(24)25)22-30(27,28)18-11-7-5-8-12-18/h5-8,10-12,16-17,22H,4,9,13-15H2,1-3H3,(H,24,25)/t16-,17-/m1/s1. The monoisotopic (exact) mass is 438 g/mol. The lowest BCUT2D eigenvalue weighted by Gasteiger charge is -2.27. The van der Waals surface area contributed by atoms with Gasteiger partial charge in [0.1, 0.15) is 5.60 Å². The van der Waals surface area contributed by atoms with E-state index in [0.717, 1.165) is 0 Å². The first-order valence-electron chi connectivity index (χ1n) is 9.93. The van der Waals surface area contributed by atoms with Crippen molar-refractivity contribution in [3.05, 3.63) is 42.5 Å². The number of hydrogen-bond donors (Lipinski definition) is 2. The number of ether oxygens (including phenoxy) is 1. The summed E-state index contributed by atoms with van der Waals surface area (Å²) in [6.45, 7) is 5.50. The predicted molar refractivity (Wildman–Crippen MR) is 113 cm³/mol. The van der Waals surface area contributed by atoms with E-state index in [1.165, 1.54) is 17.0 Å². The zero-order valence-corrected chi connectivity index (χ0v) is 18.4. The molecule has 0 unspecified atom stereocenters. The van der Waals surface area contributed by atoms with E-state index in [-0.39, 0.29) is 23.9 Å². The second kappa shape index (κ2) is 10.1. The minimum absolute atomic E-state index is 0.0737. The van der Waals surface area contributed by atoms with E-state index in [2.05, 4.69) is 4.72 Å². The Morgan fingerprint density at radius 2 is 1.93 bits per heavy atom. The van der Waals surface area contributed by atoms with E-state index in [0.29, 0.717) is 19.3 Å². The maximum Gasteiger partial charge on any atom is 0.410 e. The van der Waals surface area contributed by atoms with Gasteiger partial charge in [0.2, 0.25) is 10.0 Å². The minimum Gasteiger partial charge on any atom is -0.481 e. The van der Waals surface area contributed by atoms with Crippen molar-refractivity contribution in [3.63, 3.8) is 0 Å². The Kier molecular flexibility index (Phi) is 8.03. The highest BCUT2D eigenvalue weighted by molar-refractivity contribution is 7.89. The molecular weight excluding hydrogens is 408 g/mol. The van der Waals surface area contributed by atoms with Crippen molar-refractivity contribution in [1.29, 1.82) is 0 Å². The third-order valence-electron chi connectivity index (χ3n) is 4.47. The molecule has 0 aromatic heterocycles. The van der Waals surface area contributed by atoms with Crippen LogP contribution < -0.4 is 4.72 Å². The summed E-state index contributed by atoms with van der Waals surface area (Å²) in [6.07, 6.45) is 4.68. The number of benzene rings is 1. The Balaban J connectivity index is 2.10. The molecule has 2 rings (SSSR count). The molecule has 0 bridgehead atoms. The highest BCUT2D eigenvalue weighted by atomic mass is 32.2. The Morgan fingerprint density at radius 1 is 1.27 bits per heavy atom. The fourth-order valence-corrected chi connectivity index (χ4v) is 4.44. The molecule has 0 radical (unpaired) electrons. The summed E-state index contributed by atoms with van der Waals surface area (Å²) in [4.78, 5) is 25.0. The first kappa shape index (κ1) is 23.9. The van der Waals surface area contributed by atoms with Crippen LogP contribution in [-0.4, -0.2) is 54.7 Å². The first-order valence-corrected chi connectivity index (χ1v) is 11.4. The lowest BCUT2D eigenvalue weighted by atomic mass is 10.1. The van der Waals surface area contributed by atoms with Crippen LogP contribution in [0.4, 0.5) is 4.79 Å². The van der Waals surface area contributed by atoms with Crippen molar-refractivity contribution >= 4 is 22.1 Å². The van der Waals surface area contributed by atoms with Crippen LogP contribution in [-0.2, 0) is 19.6 Å². The molecule has 0 spiro atoms. The number of nitrogens with zero attached hydrogens (tertiary/aromatic N) is 1. The molecule has 1 aromatic rings. The van der Waals surface area contributed by atoms with Gasteiger partial charge < -0.3 is 14.7 Å². The Bertz CT molecular complexity index is 861. The highest BCUT2D eigenvalue weighted by Gasteiger charge is 2.38. The average Bonchev–Trinajstić information content (AvgIpc) is 3.02. The maximum absolute atomic E-state index is 12.6. The van der Waals surface area contributed by atoms with Gasteiger partial charge in [-0.3, -0.25) is 4.79 Å². The van der Waals surface area contributed by atoms with Gasteiger partial charge in [0.25, 0.3) is 0 Å². The zero-order chi connectivity index (χ0) is 22.4. The molecule has 1 fully saturated rings. The minimum atomic E-state index is -3.71. The molecule has 8 nitrogen and oxygen atoms in total. The van der Waals surface area contributed by atoms with Gasteiger partial charge in [-0.2, -0.15) is 0 Å². The summed E-state index contributed by atoms with van der Waals surface area (Å²) < 4.78 is 33.4. The van der Waals surface area contributed by atoms with Gasteiger partial charge in [-0.25, -0.2) is 17.9 Å². The van der Waals surface area contributed by atoms with Gasteiger partial charge >= 0.3 is 12.1 Å². The van der Waals surface area contributed by atoms with Gasteiger partial charge in [0.05, 0.1) is 10.9 Å². The number of rotatable bonds is 8. The average molecular weight is 439 g/mol. The number of likely N-dealkylation sites (tertiary alicyclic amines) is 1. The van der Waals surface area contributed by atoms with E-state index in [9.17, 15) is 18.0 Å². The molecule has 1 aliphatic rings. The zero-order valence-electron chi connectivity index (χ0n) is 17.6. The Hall–Kier alpha value is -2.39. The van der Waals surface area contributed by atoms with Crippen LogP contribution in [0, 0.1) is 0 Å². The topological polar surface area (TPSA) is 113 Å². The third kappa shape index (κ3) is 7.46. The normalized spacial score (nSPS) is 19.9. The van der Waals surface area contributed by atoms with Gasteiger partial charge in [-0.15, -0.1) is 0 Å². The molecule has 1 saturated heterocycles. The van der Waals surface area contributed by atoms with Crippen LogP contribution in [0.25, 0.3) is 0 Å². The molecule has 1 amide bonds. The van der Waals surface area contributed by atoms with Gasteiger partial charge in [-0.1, -0.05) is 30.4 Å². The second-order valence-corrected chi connectivity index (χ2v) is 10.00. The number of unbranched alkanes of at least 4 members (excludes halogenated alkanes) is 1. The molecule has 2 atom stereocenters. The van der Waals surface area contributed by atoms with Crippen molar-refractivity contribution in [3.8, 4) is 0 Å². The number of nitrogens with one attached hydrogen (secondary N) is 1. The highest BCUT2D eigenvalue weighted by Crippen LogP contribution is 2.24. The summed E-state index contributed by atoms with van der Waals surface area (Å²) in [5.74, 6) is -0.852. The summed E-state index contributed by atoms with van der Waals surface area (Å²) in [6, 6.07) is 7.28. The van der Waals surface area contributed by atoms with E-state index in [1.807, 2.05) is 12.2 Å². The largest absolute Gasteiger partial charge is 0.481 e. The van der Waals surface area contributed by atoms with E-state index in [1.54, 1.807) is 39.0 Å². The van der Waals surface area contributed by atoms with Gasteiger partial charge in [-0.05, 0) is 52.2 Å². The Morgan fingerprint density at radius 3 is 2.53 bits per heavy atom. The number of carboxylic acid groups (broad SMARTS) is 1. The van der Waals surface area contributed by atoms with Crippen molar-refractivity contribution in [2.24, 2.45) is 0 Å². The van der Waals surface area contributed by atoms with E-state index in [4.69, 9.17) is 9.84 Å². The third-order valence-corrected chi connectivity index (χ3v) is 6.00. The number of aliphatic carboxylic acids is 1. The molecule has 2 N–H and O–H groups in total. The van der Waals surface area contributed by atoms with E-state index < -0.39 is 33.7 Å². The number of sulfonamides is 1. The van der Waals surface area contributed by atoms with Crippen molar-refractivity contribution in [1.82, 2.24) is 9.62 Å². The molecular formula is C21H30N2O6S. The van der Waals surface area contributed by atoms with Gasteiger partial charge in [0.15, 0.2) is 0 Å². The van der Waals surface area contributed by atoms with Crippen LogP contribution in [0.3, 0.4) is 0 Å². The SMILES string of the molecule is CC(C)(C)OC(=O)N1C[C@H](NS(=O)(=O)c2ccccc2)C[C@H]1C=CCCCC(=O)O. The molecule has 0 aliphatic carbocycles. The summed E-state index contributed by atoms with van der Waals surface area (Å²) in [5.41, 5.74) is -0.672. The molecule has 1 aliphatic heterocycles. The van der Waals surface area contributed by atoms with Crippen LogP contribution in [0.2, 0.25) is 0 Å². The van der Waals surface area contributed by atoms with Crippen LogP contribution >= 0.6 is 0 Å². The molecule has 166 valence electrons. The number of carboxylic acids is 1. The van der Waals surface area contributed by atoms with Crippen molar-refractivity contribution < 1.29 is 27.9 Å². The van der Waals surface area contributed by atoms with Crippen LogP contribution in [0.1, 0.15) is 46.5 Å². The molecule has 30 heavy (non-hydrogen) atoms. The number of carbonyl (C=O) groups is 2. The molecule has 1 aromatic carbocycles. The quantitative estimate of drug-likeness (QED) is 0.476. The van der Waals surface area contributed by atoms with Crippen molar-refractivity contribution in [2.45, 2.75) is 69.0 Å². The van der Waals surface area contributed by atoms with Crippen molar-refractivity contribution in [2.75, 3.05) is 6.54 Å². The van der Waals surface area contributed by atoms with Crippen LogP contribution in [0.5, 0.6) is 0 Å². The summed E-state index contributed by atoms with van der Waals surface area (Å²) in [5, 5.41) is 8.73. The fourth-order valence-electron chi connectivity index (χ4n) is 3.18. The molecule has 0 saturated carbocycles. The lowest BCUT2D eigenvalue weighted by Crippen LogP contribution is -2.41. The molecule has 9 heteroatoms. The summed E-state index contributed by atoms with van der Waals surface area (Å²) in [7, 11) is -3.71. The van der Waals surface area contributed by atoms with Gasteiger partial charge in [0, 0.05) is 19.0 Å². The van der Waals surface area contributed by atoms with Crippen LogP contribution in [0.15, 0.2) is 47.4 Å². The second-order valence-electron chi connectivity index (χ2n) is 8.28. The smallest absolute Gasteiger partial charge is 0.410 e. The Labute approximate surface area is 178 Å².